The predicted octanol–water partition coefficient (Wildman–Crippen LogP) is 8.50. The summed E-state index contributed by atoms with van der Waals surface area (Å²) < 4.78 is 135. The van der Waals surface area contributed by atoms with Crippen molar-refractivity contribution in [3.8, 4) is 0 Å². The molecule has 2 aromatic carbocycles. The van der Waals surface area contributed by atoms with Gasteiger partial charge in [-0.15, -0.1) is 0 Å². The normalized spacial score (nSPS) is 14.3. The summed E-state index contributed by atoms with van der Waals surface area (Å²) >= 11 is 12.0. The molecule has 2 unspecified atom stereocenters. The van der Waals surface area contributed by atoms with Gasteiger partial charge in [0.15, 0.2) is 0 Å². The Morgan fingerprint density at radius 3 is 1.98 bits per heavy atom. The minimum absolute atomic E-state index is 0.00469. The summed E-state index contributed by atoms with van der Waals surface area (Å²) in [5.74, 6) is -7.39. The van der Waals surface area contributed by atoms with Gasteiger partial charge in [-0.2, -0.15) is 39.5 Å². The Bertz CT molecular complexity index is 1380. The number of hydrogen-bond donors (Lipinski definition) is 2. The molecule has 16 heteroatoms. The first-order chi connectivity index (χ1) is 19.0. The van der Waals surface area contributed by atoms with Crippen LogP contribution in [0.25, 0.3) is 11.4 Å². The molecule has 4 nitrogen and oxygen atoms in total. The van der Waals surface area contributed by atoms with Gasteiger partial charge in [0.25, 0.3) is 5.91 Å². The second kappa shape index (κ2) is 12.9. The van der Waals surface area contributed by atoms with Crippen LogP contribution in [0.3, 0.4) is 0 Å². The molecule has 0 aromatic heterocycles. The van der Waals surface area contributed by atoms with Crippen LogP contribution < -0.4 is 10.6 Å². The molecule has 0 bridgehead atoms. The van der Waals surface area contributed by atoms with E-state index in [1.54, 1.807) is 5.32 Å². The molecular weight excluding hydrogens is 633 g/mol. The SMILES string of the molecule is C=C(C)c1c(Cl)cc(C(/C=C(\F)c2ccc(C(=O)NC(C)C(=O)NCC(F)(F)F)c(C(F)(F)F)c2)C(F)(F)F)cc1Cl. The molecule has 0 spiro atoms. The lowest BCUT2D eigenvalue weighted by atomic mass is 9.94. The summed E-state index contributed by atoms with van der Waals surface area (Å²) in [6.07, 6.45) is -15.3. The number of carbonyl (C=O) groups is 2. The molecule has 2 amide bonds. The lowest BCUT2D eigenvalue weighted by molar-refractivity contribution is -0.140. The highest BCUT2D eigenvalue weighted by Crippen LogP contribution is 2.43. The molecule has 0 aliphatic carbocycles. The Kier molecular flexibility index (Phi) is 10.8. The van der Waals surface area contributed by atoms with Crippen molar-refractivity contribution >= 4 is 46.4 Å². The summed E-state index contributed by atoms with van der Waals surface area (Å²) in [5, 5.41) is 2.76. The molecule has 0 radical (unpaired) electrons. The molecule has 2 atom stereocenters. The van der Waals surface area contributed by atoms with Gasteiger partial charge >= 0.3 is 18.5 Å². The first-order valence-electron chi connectivity index (χ1n) is 11.5. The van der Waals surface area contributed by atoms with Gasteiger partial charge in [-0.05, 0) is 55.3 Å². The number of alkyl halides is 9. The first-order valence-corrected chi connectivity index (χ1v) is 12.2. The van der Waals surface area contributed by atoms with E-state index in [1.165, 1.54) is 12.2 Å². The van der Waals surface area contributed by atoms with E-state index in [4.69, 9.17) is 23.2 Å². The second-order valence-corrected chi connectivity index (χ2v) is 9.77. The van der Waals surface area contributed by atoms with Gasteiger partial charge in [-0.1, -0.05) is 35.8 Å². The Balaban J connectivity index is 2.49. The first kappa shape index (κ1) is 34.9. The van der Waals surface area contributed by atoms with Gasteiger partial charge in [-0.3, -0.25) is 9.59 Å². The zero-order valence-corrected chi connectivity index (χ0v) is 22.9. The Labute approximate surface area is 242 Å². The molecule has 2 aromatic rings. The summed E-state index contributed by atoms with van der Waals surface area (Å²) in [5.41, 5.74) is -4.10. The van der Waals surface area contributed by atoms with Gasteiger partial charge in [0.05, 0.1) is 11.1 Å². The zero-order valence-electron chi connectivity index (χ0n) is 21.4. The molecule has 0 heterocycles. The molecule has 230 valence electrons. The van der Waals surface area contributed by atoms with E-state index in [2.05, 4.69) is 6.58 Å². The third kappa shape index (κ3) is 9.12. The minimum Gasteiger partial charge on any atom is -0.345 e. The molecule has 0 saturated carbocycles. The van der Waals surface area contributed by atoms with Gasteiger partial charge in [0.1, 0.15) is 24.3 Å². The van der Waals surface area contributed by atoms with Crippen molar-refractivity contribution in [2.24, 2.45) is 0 Å². The largest absolute Gasteiger partial charge is 0.417 e. The average molecular weight is 653 g/mol. The third-order valence-electron chi connectivity index (χ3n) is 5.57. The molecule has 2 N–H and O–H groups in total. The number of halogens is 12. The fourth-order valence-electron chi connectivity index (χ4n) is 3.61. The average Bonchev–Trinajstić information content (AvgIpc) is 2.82. The Hall–Kier alpha value is -3.26. The summed E-state index contributed by atoms with van der Waals surface area (Å²) in [7, 11) is 0. The Morgan fingerprint density at radius 2 is 1.52 bits per heavy atom. The van der Waals surface area contributed by atoms with E-state index in [1.807, 2.05) is 0 Å². The third-order valence-corrected chi connectivity index (χ3v) is 6.16. The molecule has 2 rings (SSSR count). The van der Waals surface area contributed by atoms with Gasteiger partial charge in [0.2, 0.25) is 5.91 Å². The highest BCUT2D eigenvalue weighted by Gasteiger charge is 2.41. The van der Waals surface area contributed by atoms with Crippen LogP contribution in [0.15, 0.2) is 43.0 Å². The van der Waals surface area contributed by atoms with Gasteiger partial charge in [-0.25, -0.2) is 4.39 Å². The predicted molar refractivity (Wildman–Crippen MR) is 136 cm³/mol. The van der Waals surface area contributed by atoms with E-state index in [0.29, 0.717) is 17.7 Å². The number of amides is 2. The van der Waals surface area contributed by atoms with Crippen LogP contribution in [-0.4, -0.2) is 36.8 Å². The number of allylic oxidation sites excluding steroid dienone is 2. The maximum absolute atomic E-state index is 15.1. The highest BCUT2D eigenvalue weighted by molar-refractivity contribution is 6.37. The monoisotopic (exact) mass is 652 g/mol. The lowest BCUT2D eigenvalue weighted by Crippen LogP contribution is -2.47. The molecule has 0 aliphatic heterocycles. The summed E-state index contributed by atoms with van der Waals surface area (Å²) in [6.45, 7) is 4.22. The van der Waals surface area contributed by atoms with Gasteiger partial charge < -0.3 is 10.6 Å². The van der Waals surface area contributed by atoms with Gasteiger partial charge in [0, 0.05) is 21.2 Å². The smallest absolute Gasteiger partial charge is 0.345 e. The topological polar surface area (TPSA) is 58.2 Å². The summed E-state index contributed by atoms with van der Waals surface area (Å²) in [4.78, 5) is 24.2. The van der Waals surface area contributed by atoms with Crippen molar-refractivity contribution < 1.29 is 53.5 Å². The molecule has 0 aliphatic rings. The maximum atomic E-state index is 15.1. The number of rotatable bonds is 8. The number of hydrogen-bond acceptors (Lipinski definition) is 2. The van der Waals surface area contributed by atoms with Crippen LogP contribution in [0.4, 0.5) is 43.9 Å². The number of nitrogens with one attached hydrogen (secondary N) is 2. The van der Waals surface area contributed by atoms with Crippen molar-refractivity contribution in [3.05, 3.63) is 80.8 Å². The van der Waals surface area contributed by atoms with Crippen LogP contribution in [0.1, 0.15) is 52.4 Å². The van der Waals surface area contributed by atoms with E-state index in [0.717, 1.165) is 19.1 Å². The Morgan fingerprint density at radius 1 is 0.976 bits per heavy atom. The molecule has 0 fully saturated rings. The number of carbonyl (C=O) groups excluding carboxylic acids is 2. The molecular formula is C26H20Cl2F10N2O2. The maximum Gasteiger partial charge on any atom is 0.417 e. The fourth-order valence-corrected chi connectivity index (χ4v) is 4.43. The van der Waals surface area contributed by atoms with Crippen LogP contribution in [0.5, 0.6) is 0 Å². The van der Waals surface area contributed by atoms with Crippen LogP contribution in [-0.2, 0) is 11.0 Å². The highest BCUT2D eigenvalue weighted by atomic mass is 35.5. The van der Waals surface area contributed by atoms with Crippen molar-refractivity contribution in [2.45, 2.75) is 44.3 Å². The fraction of sp³-hybridized carbons (Fsp3) is 0.308. The van der Waals surface area contributed by atoms with E-state index >= 15 is 4.39 Å². The lowest BCUT2D eigenvalue weighted by Gasteiger charge is -2.20. The molecule has 0 saturated heterocycles. The van der Waals surface area contributed by atoms with Crippen LogP contribution in [0.2, 0.25) is 10.0 Å². The van der Waals surface area contributed by atoms with E-state index < -0.39 is 76.9 Å². The van der Waals surface area contributed by atoms with Crippen molar-refractivity contribution in [1.82, 2.24) is 10.6 Å². The van der Waals surface area contributed by atoms with Crippen molar-refractivity contribution in [1.29, 1.82) is 0 Å². The minimum atomic E-state index is -5.34. The summed E-state index contributed by atoms with van der Waals surface area (Å²) in [6, 6.07) is 1.10. The second-order valence-electron chi connectivity index (χ2n) is 8.96. The number of benzene rings is 2. The van der Waals surface area contributed by atoms with Crippen molar-refractivity contribution in [3.63, 3.8) is 0 Å². The quantitative estimate of drug-likeness (QED) is 0.281. The van der Waals surface area contributed by atoms with Crippen LogP contribution in [0, 0.1) is 0 Å². The van der Waals surface area contributed by atoms with E-state index in [9.17, 15) is 49.1 Å². The standard InChI is InChI=1S/C26H20Cl2F10N2O2/c1-11(2)21-18(27)7-14(8-19(21)28)16(25(33,34)35)9-20(29)13-4-5-15(17(6-13)26(36,37)38)23(42)40-12(3)22(41)39-10-24(30,31)32/h4-9,12,16H,1,10H2,2-3H3,(H,39,41)(H,40,42)/b20-9-. The van der Waals surface area contributed by atoms with Crippen LogP contribution >= 0.6 is 23.2 Å². The van der Waals surface area contributed by atoms with E-state index in [-0.39, 0.29) is 27.8 Å². The molecule has 42 heavy (non-hydrogen) atoms. The zero-order chi connectivity index (χ0) is 32.4. The van der Waals surface area contributed by atoms with Crippen molar-refractivity contribution in [2.75, 3.05) is 6.54 Å².